The summed E-state index contributed by atoms with van der Waals surface area (Å²) in [5.74, 6) is -0.725. The quantitative estimate of drug-likeness (QED) is 0.231. The van der Waals surface area contributed by atoms with Gasteiger partial charge in [-0.2, -0.15) is 0 Å². The van der Waals surface area contributed by atoms with E-state index in [-0.39, 0.29) is 36.0 Å². The van der Waals surface area contributed by atoms with Crippen LogP contribution in [0.1, 0.15) is 41.6 Å². The van der Waals surface area contributed by atoms with Crippen LogP contribution in [0.2, 0.25) is 18.6 Å². The molecule has 0 saturated carbocycles. The highest BCUT2D eigenvalue weighted by Gasteiger charge is 2.66. The lowest BCUT2D eigenvalue weighted by atomic mass is 9.82. The number of aryl methyl sites for hydroxylation is 1. The number of para-hydroxylation sites is 1. The van der Waals surface area contributed by atoms with Crippen LogP contribution in [0.25, 0.3) is 0 Å². The Bertz CT molecular complexity index is 1810. The van der Waals surface area contributed by atoms with Crippen molar-refractivity contribution < 1.29 is 29.0 Å². The van der Waals surface area contributed by atoms with Crippen LogP contribution in [0.3, 0.4) is 0 Å². The molecule has 48 heavy (non-hydrogen) atoms. The number of benzene rings is 3. The van der Waals surface area contributed by atoms with Crippen LogP contribution in [-0.2, 0) is 33.0 Å². The first-order valence-electron chi connectivity index (χ1n) is 16.5. The molecule has 4 heterocycles. The third kappa shape index (κ3) is 5.52. The molecular formula is C36H41N5O6Si. The van der Waals surface area contributed by atoms with Gasteiger partial charge in [-0.1, -0.05) is 72.8 Å². The van der Waals surface area contributed by atoms with Gasteiger partial charge in [0.2, 0.25) is 0 Å². The molecule has 2 fully saturated rings. The van der Waals surface area contributed by atoms with Crippen molar-refractivity contribution in [1.82, 2.24) is 15.0 Å². The summed E-state index contributed by atoms with van der Waals surface area (Å²) in [6.07, 6.45) is 1.60. The Morgan fingerprint density at radius 1 is 1.04 bits per heavy atom. The minimum Gasteiger partial charge on any atom is -0.447 e. The molecule has 1 aromatic heterocycles. The molecule has 250 valence electrons. The van der Waals surface area contributed by atoms with E-state index in [2.05, 4.69) is 10.3 Å². The van der Waals surface area contributed by atoms with E-state index in [1.807, 2.05) is 105 Å². The fourth-order valence-electron chi connectivity index (χ4n) is 7.99. The topological polar surface area (TPSA) is 130 Å². The SMILES string of the molecule is C[C@H]1[C@H]([Si](C)(C)O)[C@@H](CCn2cc(C(CO)c3ccccc3)nn2)O[C@]12C(=O)N(Cc1cccc(N3CCOC3=O)c1)c1ccccc12. The van der Waals surface area contributed by atoms with Crippen molar-refractivity contribution in [2.75, 3.05) is 29.6 Å². The van der Waals surface area contributed by atoms with Crippen molar-refractivity contribution in [1.29, 1.82) is 0 Å². The second-order valence-corrected chi connectivity index (χ2v) is 17.5. The van der Waals surface area contributed by atoms with Gasteiger partial charge in [-0.3, -0.25) is 14.4 Å². The minimum absolute atomic E-state index is 0.0893. The fraction of sp³-hybridized carbons (Fsp3) is 0.389. The second-order valence-electron chi connectivity index (χ2n) is 13.5. The molecule has 0 radical (unpaired) electrons. The number of aliphatic hydroxyl groups is 1. The van der Waals surface area contributed by atoms with Gasteiger partial charge in [0.05, 0.1) is 43.1 Å². The monoisotopic (exact) mass is 667 g/mol. The van der Waals surface area contributed by atoms with Crippen molar-refractivity contribution in [2.24, 2.45) is 5.92 Å². The predicted octanol–water partition coefficient (Wildman–Crippen LogP) is 4.79. The average molecular weight is 668 g/mol. The van der Waals surface area contributed by atoms with Crippen LogP contribution in [0.5, 0.6) is 0 Å². The molecule has 2 N–H and O–H groups in total. The molecule has 4 aromatic rings. The minimum atomic E-state index is -2.84. The van der Waals surface area contributed by atoms with E-state index in [1.165, 1.54) is 0 Å². The largest absolute Gasteiger partial charge is 0.447 e. The summed E-state index contributed by atoms with van der Waals surface area (Å²) in [4.78, 5) is 42.0. The molecule has 1 unspecified atom stereocenters. The number of fused-ring (bicyclic) bond motifs is 2. The summed E-state index contributed by atoms with van der Waals surface area (Å²) < 4.78 is 13.9. The Morgan fingerprint density at radius 3 is 2.54 bits per heavy atom. The van der Waals surface area contributed by atoms with Crippen LogP contribution >= 0.6 is 0 Å². The maximum Gasteiger partial charge on any atom is 0.414 e. The number of hydrogen-bond acceptors (Lipinski definition) is 8. The number of carbonyl (C=O) groups excluding carboxylic acids is 2. The van der Waals surface area contributed by atoms with Gasteiger partial charge in [0.1, 0.15) is 6.61 Å². The number of aliphatic hydroxyl groups excluding tert-OH is 1. The van der Waals surface area contributed by atoms with E-state index in [4.69, 9.17) is 9.47 Å². The van der Waals surface area contributed by atoms with Crippen molar-refractivity contribution in [3.8, 4) is 0 Å². The lowest BCUT2D eigenvalue weighted by molar-refractivity contribution is -0.146. The molecular weight excluding hydrogens is 627 g/mol. The summed E-state index contributed by atoms with van der Waals surface area (Å²) in [5.41, 5.74) is 3.36. The third-order valence-electron chi connectivity index (χ3n) is 10.2. The molecule has 3 aromatic carbocycles. The van der Waals surface area contributed by atoms with E-state index >= 15 is 0 Å². The molecule has 11 nitrogen and oxygen atoms in total. The van der Waals surface area contributed by atoms with Gasteiger partial charge < -0.3 is 24.3 Å². The predicted molar refractivity (Wildman–Crippen MR) is 182 cm³/mol. The first-order chi connectivity index (χ1) is 23.1. The van der Waals surface area contributed by atoms with Crippen LogP contribution in [-0.4, -0.2) is 71.1 Å². The Labute approximate surface area is 280 Å². The molecule has 2 amide bonds. The lowest BCUT2D eigenvalue weighted by Gasteiger charge is -2.32. The number of ether oxygens (including phenoxy) is 2. The Kier molecular flexibility index (Phi) is 8.44. The molecule has 5 atom stereocenters. The van der Waals surface area contributed by atoms with E-state index < -0.39 is 20.0 Å². The van der Waals surface area contributed by atoms with Crippen molar-refractivity contribution in [2.45, 2.75) is 62.7 Å². The fourth-order valence-corrected chi connectivity index (χ4v) is 10.6. The number of amides is 2. The van der Waals surface area contributed by atoms with E-state index in [0.717, 1.165) is 28.1 Å². The summed E-state index contributed by atoms with van der Waals surface area (Å²) in [5, 5.41) is 18.9. The number of nitrogens with zero attached hydrogens (tertiary/aromatic N) is 5. The summed E-state index contributed by atoms with van der Waals surface area (Å²) >= 11 is 0. The molecule has 3 aliphatic heterocycles. The first kappa shape index (κ1) is 32.2. The molecule has 12 heteroatoms. The number of rotatable bonds is 10. The normalized spacial score (nSPS) is 24.4. The number of aromatic nitrogens is 3. The van der Waals surface area contributed by atoms with Gasteiger partial charge in [0, 0.05) is 35.5 Å². The molecule has 7 rings (SSSR count). The molecule has 2 saturated heterocycles. The molecule has 1 spiro atoms. The van der Waals surface area contributed by atoms with Gasteiger partial charge in [0.25, 0.3) is 5.91 Å². The summed E-state index contributed by atoms with van der Waals surface area (Å²) in [6.45, 7) is 7.38. The molecule has 3 aliphatic rings. The van der Waals surface area contributed by atoms with Gasteiger partial charge in [-0.25, -0.2) is 4.79 Å². The van der Waals surface area contributed by atoms with Gasteiger partial charge >= 0.3 is 6.09 Å². The Balaban J connectivity index is 1.15. The van der Waals surface area contributed by atoms with Crippen molar-refractivity contribution in [3.63, 3.8) is 0 Å². The van der Waals surface area contributed by atoms with Crippen LogP contribution in [0.4, 0.5) is 16.2 Å². The van der Waals surface area contributed by atoms with Crippen LogP contribution < -0.4 is 9.80 Å². The smallest absolute Gasteiger partial charge is 0.414 e. The zero-order valence-electron chi connectivity index (χ0n) is 27.4. The number of anilines is 2. The maximum absolute atomic E-state index is 14.7. The molecule has 0 aliphatic carbocycles. The zero-order valence-corrected chi connectivity index (χ0v) is 28.4. The zero-order chi connectivity index (χ0) is 33.6. The van der Waals surface area contributed by atoms with E-state index in [0.29, 0.717) is 38.4 Å². The Hall–Kier alpha value is -4.36. The van der Waals surface area contributed by atoms with Crippen molar-refractivity contribution >= 4 is 31.7 Å². The molecule has 0 bridgehead atoms. The third-order valence-corrected chi connectivity index (χ3v) is 12.7. The highest BCUT2D eigenvalue weighted by atomic mass is 28.4. The first-order valence-corrected chi connectivity index (χ1v) is 19.5. The maximum atomic E-state index is 14.7. The number of cyclic esters (lactones) is 1. The number of carbonyl (C=O) groups is 2. The van der Waals surface area contributed by atoms with Gasteiger partial charge in [-0.15, -0.1) is 5.10 Å². The van der Waals surface area contributed by atoms with Gasteiger partial charge in [0.15, 0.2) is 13.9 Å². The Morgan fingerprint density at radius 2 is 1.81 bits per heavy atom. The highest BCUT2D eigenvalue weighted by Crippen LogP contribution is 2.59. The van der Waals surface area contributed by atoms with E-state index in [1.54, 1.807) is 14.5 Å². The van der Waals surface area contributed by atoms with Gasteiger partial charge in [-0.05, 0) is 48.8 Å². The number of hydrogen-bond donors (Lipinski definition) is 2. The summed E-state index contributed by atoms with van der Waals surface area (Å²) in [6, 6.07) is 25.1. The van der Waals surface area contributed by atoms with E-state index in [9.17, 15) is 19.5 Å². The van der Waals surface area contributed by atoms with Crippen LogP contribution in [0.15, 0.2) is 85.1 Å². The van der Waals surface area contributed by atoms with Crippen molar-refractivity contribution in [3.05, 3.63) is 107 Å². The lowest BCUT2D eigenvalue weighted by Crippen LogP contribution is -2.46. The second kappa shape index (κ2) is 12.6. The van der Waals surface area contributed by atoms with Crippen LogP contribution in [0, 0.1) is 5.92 Å². The highest BCUT2D eigenvalue weighted by molar-refractivity contribution is 6.71. The standard InChI is InChI=1S/C36H41N5O6Si/c1-24-33(48(2,3)45)32(16-17-39-22-30(37-38-39)28(23-42)26-11-5-4-6-12-26)47-36(24)29-14-7-8-15-31(29)41(34(36)43)21-25-10-9-13-27(20-25)40-18-19-46-35(40)44/h4-15,20,22,24,28,32-33,42,45H,16-19,21,23H2,1-3H3/t24-,28?,32+,33-,36+/m0/s1. The summed E-state index contributed by atoms with van der Waals surface area (Å²) in [7, 11) is -2.84. The average Bonchev–Trinajstić information content (AvgIpc) is 3.84.